The van der Waals surface area contributed by atoms with Crippen LogP contribution in [-0.2, 0) is 4.74 Å². The van der Waals surface area contributed by atoms with Crippen LogP contribution >= 0.6 is 0 Å². The van der Waals surface area contributed by atoms with Gasteiger partial charge >= 0.3 is 0 Å². The molecule has 2 heteroatoms. The maximum absolute atomic E-state index is 6.15. The number of hydrogen-bond acceptors (Lipinski definition) is 1. The summed E-state index contributed by atoms with van der Waals surface area (Å²) >= 11 is 0. The van der Waals surface area contributed by atoms with Crippen LogP contribution in [0.15, 0.2) is 0 Å². The fourth-order valence-corrected chi connectivity index (χ4v) is 3.42. The minimum atomic E-state index is 0.570. The standard InChI is InChI=1S/C17H36NO/c1-4-7-14-18(6-3,13-5-2)15-16-19-17-11-9-8-10-12-17/h17H,4-16H2,1-3H3/q+1. The molecule has 1 aliphatic carbocycles. The first kappa shape index (κ1) is 17.0. The van der Waals surface area contributed by atoms with E-state index in [1.807, 2.05) is 0 Å². The van der Waals surface area contributed by atoms with Crippen molar-refractivity contribution in [1.29, 1.82) is 0 Å². The molecule has 0 heterocycles. The van der Waals surface area contributed by atoms with Crippen LogP contribution in [0.25, 0.3) is 0 Å². The molecule has 1 rings (SSSR count). The lowest BCUT2D eigenvalue weighted by atomic mass is 9.98. The smallest absolute Gasteiger partial charge is 0.102 e. The molecule has 0 saturated heterocycles. The summed E-state index contributed by atoms with van der Waals surface area (Å²) in [5.41, 5.74) is 0. The minimum Gasteiger partial charge on any atom is -0.372 e. The topological polar surface area (TPSA) is 9.23 Å². The molecule has 1 atom stereocenters. The highest BCUT2D eigenvalue weighted by molar-refractivity contribution is 4.64. The van der Waals surface area contributed by atoms with Crippen molar-refractivity contribution in [2.75, 3.05) is 32.8 Å². The van der Waals surface area contributed by atoms with Crippen LogP contribution in [0.4, 0.5) is 0 Å². The summed E-state index contributed by atoms with van der Waals surface area (Å²) in [6.07, 6.45) is 11.3. The van der Waals surface area contributed by atoms with Crippen LogP contribution in [0.2, 0.25) is 0 Å². The number of likely N-dealkylation sites (N-methyl/N-ethyl adjacent to an activating group) is 1. The van der Waals surface area contributed by atoms with Gasteiger partial charge in [0.15, 0.2) is 0 Å². The van der Waals surface area contributed by atoms with Crippen molar-refractivity contribution < 1.29 is 9.22 Å². The number of ether oxygens (including phenoxy) is 1. The summed E-state index contributed by atoms with van der Waals surface area (Å²) in [5.74, 6) is 0. The molecule has 0 amide bonds. The predicted octanol–water partition coefficient (Wildman–Crippen LogP) is 4.38. The van der Waals surface area contributed by atoms with Crippen LogP contribution in [0.5, 0.6) is 0 Å². The van der Waals surface area contributed by atoms with Crippen LogP contribution < -0.4 is 0 Å². The molecule has 1 saturated carbocycles. The average Bonchev–Trinajstić information content (AvgIpc) is 2.46. The molecular formula is C17H36NO+. The van der Waals surface area contributed by atoms with Gasteiger partial charge < -0.3 is 9.22 Å². The fraction of sp³-hybridized carbons (Fsp3) is 1.00. The van der Waals surface area contributed by atoms with E-state index in [0.29, 0.717) is 6.10 Å². The van der Waals surface area contributed by atoms with Gasteiger partial charge in [-0.05, 0) is 32.6 Å². The van der Waals surface area contributed by atoms with Gasteiger partial charge in [0.2, 0.25) is 0 Å². The van der Waals surface area contributed by atoms with E-state index in [2.05, 4.69) is 20.8 Å². The molecule has 0 aliphatic heterocycles. The van der Waals surface area contributed by atoms with Crippen LogP contribution in [0, 0.1) is 0 Å². The molecule has 0 aromatic heterocycles. The van der Waals surface area contributed by atoms with Gasteiger partial charge in [-0.2, -0.15) is 0 Å². The zero-order valence-electron chi connectivity index (χ0n) is 13.6. The van der Waals surface area contributed by atoms with Crippen molar-refractivity contribution in [3.63, 3.8) is 0 Å². The van der Waals surface area contributed by atoms with Gasteiger partial charge in [0.25, 0.3) is 0 Å². The second-order valence-corrected chi connectivity index (χ2v) is 6.31. The second kappa shape index (κ2) is 9.77. The van der Waals surface area contributed by atoms with Gasteiger partial charge in [0, 0.05) is 0 Å². The lowest BCUT2D eigenvalue weighted by Crippen LogP contribution is -2.51. The van der Waals surface area contributed by atoms with Crippen LogP contribution in [-0.4, -0.2) is 43.4 Å². The Morgan fingerprint density at radius 3 is 2.21 bits per heavy atom. The van der Waals surface area contributed by atoms with Crippen molar-refractivity contribution in [2.45, 2.75) is 78.2 Å². The maximum Gasteiger partial charge on any atom is 0.102 e. The third-order valence-electron chi connectivity index (χ3n) is 4.83. The first-order valence-electron chi connectivity index (χ1n) is 8.73. The van der Waals surface area contributed by atoms with E-state index in [1.165, 1.54) is 82.0 Å². The number of nitrogens with zero attached hydrogens (tertiary/aromatic N) is 1. The van der Waals surface area contributed by atoms with E-state index in [0.717, 1.165) is 6.61 Å². The molecule has 19 heavy (non-hydrogen) atoms. The number of unbranched alkanes of at least 4 members (excludes halogenated alkanes) is 1. The highest BCUT2D eigenvalue weighted by Gasteiger charge is 2.24. The summed E-state index contributed by atoms with van der Waals surface area (Å²) < 4.78 is 7.43. The van der Waals surface area contributed by atoms with Gasteiger partial charge in [-0.3, -0.25) is 0 Å². The van der Waals surface area contributed by atoms with Crippen molar-refractivity contribution in [3.8, 4) is 0 Å². The zero-order chi connectivity index (χ0) is 14.0. The van der Waals surface area contributed by atoms with Gasteiger partial charge in [-0.15, -0.1) is 0 Å². The summed E-state index contributed by atoms with van der Waals surface area (Å²) in [6.45, 7) is 13.1. The molecule has 1 unspecified atom stereocenters. The third kappa shape index (κ3) is 6.27. The van der Waals surface area contributed by atoms with Crippen molar-refractivity contribution >= 4 is 0 Å². The normalized spacial score (nSPS) is 20.4. The van der Waals surface area contributed by atoms with E-state index in [1.54, 1.807) is 0 Å². The molecule has 0 radical (unpaired) electrons. The summed E-state index contributed by atoms with van der Waals surface area (Å²) in [6, 6.07) is 0. The lowest BCUT2D eigenvalue weighted by Gasteiger charge is -2.38. The van der Waals surface area contributed by atoms with Crippen LogP contribution in [0.3, 0.4) is 0 Å². The first-order valence-corrected chi connectivity index (χ1v) is 8.73. The molecule has 1 fully saturated rings. The quantitative estimate of drug-likeness (QED) is 0.535. The molecule has 2 nitrogen and oxygen atoms in total. The van der Waals surface area contributed by atoms with Gasteiger partial charge in [0.1, 0.15) is 6.54 Å². The first-order chi connectivity index (χ1) is 9.26. The molecule has 1 aliphatic rings. The summed E-state index contributed by atoms with van der Waals surface area (Å²) in [4.78, 5) is 0. The number of hydrogen-bond donors (Lipinski definition) is 0. The Morgan fingerprint density at radius 2 is 1.63 bits per heavy atom. The average molecular weight is 270 g/mol. The van der Waals surface area contributed by atoms with E-state index < -0.39 is 0 Å². The fourth-order valence-electron chi connectivity index (χ4n) is 3.42. The van der Waals surface area contributed by atoms with E-state index in [-0.39, 0.29) is 0 Å². The van der Waals surface area contributed by atoms with Crippen molar-refractivity contribution in [3.05, 3.63) is 0 Å². The highest BCUT2D eigenvalue weighted by atomic mass is 16.5. The maximum atomic E-state index is 6.15. The van der Waals surface area contributed by atoms with E-state index >= 15 is 0 Å². The Hall–Kier alpha value is -0.0800. The van der Waals surface area contributed by atoms with Gasteiger partial charge in [-0.1, -0.05) is 39.5 Å². The molecule has 0 aromatic carbocycles. The summed E-state index contributed by atoms with van der Waals surface area (Å²) in [5, 5.41) is 0. The van der Waals surface area contributed by atoms with E-state index in [9.17, 15) is 0 Å². The minimum absolute atomic E-state index is 0.570. The number of rotatable bonds is 10. The predicted molar refractivity (Wildman–Crippen MR) is 83.4 cm³/mol. The highest BCUT2D eigenvalue weighted by Crippen LogP contribution is 2.20. The van der Waals surface area contributed by atoms with E-state index in [4.69, 9.17) is 4.74 Å². The Balaban J connectivity index is 2.33. The molecular weight excluding hydrogens is 234 g/mol. The third-order valence-corrected chi connectivity index (χ3v) is 4.83. The molecule has 0 bridgehead atoms. The second-order valence-electron chi connectivity index (χ2n) is 6.31. The van der Waals surface area contributed by atoms with Crippen LogP contribution in [0.1, 0.15) is 72.1 Å². The lowest BCUT2D eigenvalue weighted by molar-refractivity contribution is -0.927. The summed E-state index contributed by atoms with van der Waals surface area (Å²) in [7, 11) is 0. The Kier molecular flexibility index (Phi) is 8.72. The number of quaternary nitrogens is 1. The SMILES string of the molecule is CCCC[N+](CC)(CCC)CCOC1CCCCC1. The van der Waals surface area contributed by atoms with Crippen molar-refractivity contribution in [1.82, 2.24) is 0 Å². The molecule has 0 aromatic rings. The Bertz CT molecular complexity index is 213. The Labute approximate surface area is 121 Å². The largest absolute Gasteiger partial charge is 0.372 e. The molecule has 0 N–H and O–H groups in total. The zero-order valence-corrected chi connectivity index (χ0v) is 13.6. The van der Waals surface area contributed by atoms with Gasteiger partial charge in [0.05, 0.1) is 32.3 Å². The molecule has 114 valence electrons. The van der Waals surface area contributed by atoms with Gasteiger partial charge in [-0.25, -0.2) is 0 Å². The Morgan fingerprint density at radius 1 is 0.895 bits per heavy atom. The molecule has 0 spiro atoms. The monoisotopic (exact) mass is 270 g/mol. The van der Waals surface area contributed by atoms with Crippen molar-refractivity contribution in [2.24, 2.45) is 0 Å².